The molecule has 0 amide bonds. The lowest BCUT2D eigenvalue weighted by atomic mass is 10.2. The number of hydrogen-bond acceptors (Lipinski definition) is 3. The highest BCUT2D eigenvalue weighted by atomic mass is 19.1. The maximum atomic E-state index is 13.8. The molecule has 1 heterocycles. The van der Waals surface area contributed by atoms with Gasteiger partial charge in [0.25, 0.3) is 0 Å². The van der Waals surface area contributed by atoms with E-state index in [1.54, 1.807) is 12.1 Å². The molecule has 114 valence electrons. The average Bonchev–Trinajstić information content (AvgIpc) is 2.80. The van der Waals surface area contributed by atoms with E-state index in [1.807, 2.05) is 24.9 Å². The molecular formula is C17H23FN2O. The fourth-order valence-electron chi connectivity index (χ4n) is 2.32. The lowest BCUT2D eigenvalue weighted by molar-refractivity contribution is 0.460. The quantitative estimate of drug-likeness (QED) is 0.785. The zero-order valence-corrected chi connectivity index (χ0v) is 12.9. The van der Waals surface area contributed by atoms with Gasteiger partial charge in [0, 0.05) is 19.2 Å². The molecule has 0 atom stereocenters. The first-order valence-corrected chi connectivity index (χ1v) is 7.36. The van der Waals surface area contributed by atoms with Gasteiger partial charge >= 0.3 is 0 Å². The fraction of sp³-hybridized carbons (Fsp3) is 0.412. The second kappa shape index (κ2) is 7.27. The van der Waals surface area contributed by atoms with Crippen LogP contribution >= 0.6 is 0 Å². The van der Waals surface area contributed by atoms with E-state index in [0.29, 0.717) is 12.2 Å². The van der Waals surface area contributed by atoms with Crippen LogP contribution in [0.15, 0.2) is 34.7 Å². The van der Waals surface area contributed by atoms with Gasteiger partial charge in [-0.1, -0.05) is 19.1 Å². The van der Waals surface area contributed by atoms with Gasteiger partial charge in [0.15, 0.2) is 0 Å². The molecule has 0 aliphatic carbocycles. The van der Waals surface area contributed by atoms with Gasteiger partial charge in [-0.2, -0.15) is 0 Å². The zero-order chi connectivity index (χ0) is 15.2. The Balaban J connectivity index is 2.04. The zero-order valence-electron chi connectivity index (χ0n) is 12.9. The third kappa shape index (κ3) is 4.08. The highest BCUT2D eigenvalue weighted by Crippen LogP contribution is 2.22. The second-order valence-electron chi connectivity index (χ2n) is 5.28. The summed E-state index contributed by atoms with van der Waals surface area (Å²) >= 11 is 0. The molecule has 1 aromatic carbocycles. The van der Waals surface area contributed by atoms with Crippen LogP contribution < -0.4 is 10.2 Å². The minimum absolute atomic E-state index is 0.203. The van der Waals surface area contributed by atoms with Gasteiger partial charge in [-0.3, -0.25) is 0 Å². The van der Waals surface area contributed by atoms with Crippen molar-refractivity contribution in [2.45, 2.75) is 33.4 Å². The summed E-state index contributed by atoms with van der Waals surface area (Å²) in [5.74, 6) is 1.62. The normalized spacial score (nSPS) is 10.9. The highest BCUT2D eigenvalue weighted by molar-refractivity contribution is 5.47. The lowest BCUT2D eigenvalue weighted by Crippen LogP contribution is -2.17. The molecule has 3 nitrogen and oxygen atoms in total. The molecule has 0 saturated heterocycles. The molecule has 0 unspecified atom stereocenters. The Morgan fingerprint density at radius 2 is 2.05 bits per heavy atom. The van der Waals surface area contributed by atoms with Crippen molar-refractivity contribution in [1.29, 1.82) is 0 Å². The Kier molecular flexibility index (Phi) is 5.39. The van der Waals surface area contributed by atoms with Crippen molar-refractivity contribution in [2.24, 2.45) is 0 Å². The molecule has 0 bridgehead atoms. The third-order valence-corrected chi connectivity index (χ3v) is 3.47. The largest absolute Gasteiger partial charge is 0.465 e. The Morgan fingerprint density at radius 1 is 1.29 bits per heavy atom. The van der Waals surface area contributed by atoms with E-state index in [2.05, 4.69) is 18.3 Å². The van der Waals surface area contributed by atoms with Crippen molar-refractivity contribution in [3.05, 3.63) is 53.2 Å². The molecule has 0 fully saturated rings. The van der Waals surface area contributed by atoms with Crippen LogP contribution in [0.25, 0.3) is 0 Å². The topological polar surface area (TPSA) is 28.4 Å². The van der Waals surface area contributed by atoms with Crippen molar-refractivity contribution >= 4 is 5.69 Å². The summed E-state index contributed by atoms with van der Waals surface area (Å²) in [4.78, 5) is 1.90. The summed E-state index contributed by atoms with van der Waals surface area (Å²) in [7, 11) is 1.89. The van der Waals surface area contributed by atoms with Crippen LogP contribution in [-0.2, 0) is 13.1 Å². The van der Waals surface area contributed by atoms with Crippen LogP contribution in [-0.4, -0.2) is 13.6 Å². The van der Waals surface area contributed by atoms with Gasteiger partial charge in [-0.05, 0) is 38.1 Å². The van der Waals surface area contributed by atoms with E-state index in [0.717, 1.165) is 36.6 Å². The molecular weight excluding hydrogens is 267 g/mol. The molecule has 2 rings (SSSR count). The number of furan rings is 1. The number of nitrogens with zero attached hydrogens (tertiary/aromatic N) is 1. The van der Waals surface area contributed by atoms with Crippen LogP contribution in [0.3, 0.4) is 0 Å². The Morgan fingerprint density at radius 3 is 2.76 bits per heavy atom. The van der Waals surface area contributed by atoms with Crippen LogP contribution in [0.4, 0.5) is 10.1 Å². The molecule has 4 heteroatoms. The molecule has 0 spiro atoms. The van der Waals surface area contributed by atoms with E-state index >= 15 is 0 Å². The first kappa shape index (κ1) is 15.6. The van der Waals surface area contributed by atoms with Crippen molar-refractivity contribution in [3.63, 3.8) is 0 Å². The minimum atomic E-state index is -0.203. The van der Waals surface area contributed by atoms with Crippen LogP contribution in [0.2, 0.25) is 0 Å². The molecule has 1 aromatic heterocycles. The Hall–Kier alpha value is -1.81. The maximum absolute atomic E-state index is 13.8. The van der Waals surface area contributed by atoms with Crippen molar-refractivity contribution in [3.8, 4) is 0 Å². The SMILES string of the molecule is CCCNCc1cc(CN(C)c2ccccc2F)c(C)o1. The maximum Gasteiger partial charge on any atom is 0.146 e. The summed E-state index contributed by atoms with van der Waals surface area (Å²) in [6.45, 7) is 6.43. The van der Waals surface area contributed by atoms with Crippen molar-refractivity contribution < 1.29 is 8.81 Å². The van der Waals surface area contributed by atoms with Crippen LogP contribution in [0, 0.1) is 12.7 Å². The first-order chi connectivity index (χ1) is 10.1. The number of halogens is 1. The molecule has 0 radical (unpaired) electrons. The number of aryl methyl sites for hydroxylation is 1. The van der Waals surface area contributed by atoms with E-state index in [9.17, 15) is 4.39 Å². The summed E-state index contributed by atoms with van der Waals surface area (Å²) in [5.41, 5.74) is 1.69. The molecule has 21 heavy (non-hydrogen) atoms. The first-order valence-electron chi connectivity index (χ1n) is 7.36. The summed E-state index contributed by atoms with van der Waals surface area (Å²) in [6, 6.07) is 8.86. The van der Waals surface area contributed by atoms with Crippen LogP contribution in [0.1, 0.15) is 30.4 Å². The molecule has 0 aliphatic rings. The summed E-state index contributed by atoms with van der Waals surface area (Å²) in [5, 5.41) is 3.32. The second-order valence-corrected chi connectivity index (χ2v) is 5.28. The van der Waals surface area contributed by atoms with Gasteiger partial charge in [0.1, 0.15) is 17.3 Å². The van der Waals surface area contributed by atoms with Gasteiger partial charge < -0.3 is 14.6 Å². The summed E-state index contributed by atoms with van der Waals surface area (Å²) in [6.07, 6.45) is 1.10. The fourth-order valence-corrected chi connectivity index (χ4v) is 2.32. The monoisotopic (exact) mass is 290 g/mol. The van der Waals surface area contributed by atoms with Gasteiger partial charge in [0.2, 0.25) is 0 Å². The highest BCUT2D eigenvalue weighted by Gasteiger charge is 2.12. The Bertz CT molecular complexity index is 580. The molecule has 0 saturated carbocycles. The molecule has 0 aliphatic heterocycles. The van der Waals surface area contributed by atoms with E-state index in [-0.39, 0.29) is 5.82 Å². The minimum Gasteiger partial charge on any atom is -0.465 e. The number of para-hydroxylation sites is 1. The standard InChI is InChI=1S/C17H23FN2O/c1-4-9-19-11-15-10-14(13(2)21-15)12-20(3)17-8-6-5-7-16(17)18/h5-8,10,19H,4,9,11-12H2,1-3H3. The van der Waals surface area contributed by atoms with Crippen molar-refractivity contribution in [2.75, 3.05) is 18.5 Å². The number of rotatable bonds is 7. The Labute approximate surface area is 125 Å². The smallest absolute Gasteiger partial charge is 0.146 e. The van der Waals surface area contributed by atoms with Crippen LogP contribution in [0.5, 0.6) is 0 Å². The van der Waals surface area contributed by atoms with E-state index in [1.165, 1.54) is 6.07 Å². The number of nitrogens with one attached hydrogen (secondary N) is 1. The van der Waals surface area contributed by atoms with Crippen molar-refractivity contribution in [1.82, 2.24) is 5.32 Å². The summed E-state index contributed by atoms with van der Waals surface area (Å²) < 4.78 is 19.5. The number of anilines is 1. The predicted octanol–water partition coefficient (Wildman–Crippen LogP) is 3.86. The molecule has 2 aromatic rings. The van der Waals surface area contributed by atoms with Gasteiger partial charge in [-0.15, -0.1) is 0 Å². The van der Waals surface area contributed by atoms with Gasteiger partial charge in [-0.25, -0.2) is 4.39 Å². The van der Waals surface area contributed by atoms with E-state index < -0.39 is 0 Å². The molecule has 1 N–H and O–H groups in total. The van der Waals surface area contributed by atoms with Gasteiger partial charge in [0.05, 0.1) is 12.2 Å². The predicted molar refractivity (Wildman–Crippen MR) is 83.9 cm³/mol. The third-order valence-electron chi connectivity index (χ3n) is 3.47. The lowest BCUT2D eigenvalue weighted by Gasteiger charge is -2.19. The average molecular weight is 290 g/mol. The number of hydrogen-bond donors (Lipinski definition) is 1. The number of benzene rings is 1. The van der Waals surface area contributed by atoms with E-state index in [4.69, 9.17) is 4.42 Å².